The molecule has 1 heterocycles. The van der Waals surface area contributed by atoms with Crippen LogP contribution in [0.3, 0.4) is 0 Å². The van der Waals surface area contributed by atoms with Gasteiger partial charge in [-0.2, -0.15) is 18.6 Å². The third kappa shape index (κ3) is 3.64. The maximum absolute atomic E-state index is 12.6. The summed E-state index contributed by atoms with van der Waals surface area (Å²) < 4.78 is 25.3. The molecular formula is C12H9F2N5O4. The van der Waals surface area contributed by atoms with E-state index in [1.165, 1.54) is 24.3 Å². The van der Waals surface area contributed by atoms with Crippen LogP contribution in [0, 0.1) is 10.1 Å². The second-order valence-corrected chi connectivity index (χ2v) is 4.10. The van der Waals surface area contributed by atoms with E-state index in [0.717, 1.165) is 12.3 Å². The molecule has 1 aromatic heterocycles. The zero-order valence-corrected chi connectivity index (χ0v) is 11.3. The smallest absolute Gasteiger partial charge is 0.380 e. The van der Waals surface area contributed by atoms with E-state index in [1.54, 1.807) is 0 Å². The van der Waals surface area contributed by atoms with Gasteiger partial charge in [-0.05, 0) is 18.2 Å². The van der Waals surface area contributed by atoms with Crippen molar-refractivity contribution >= 4 is 17.5 Å². The van der Waals surface area contributed by atoms with Crippen LogP contribution in [0.1, 0.15) is 22.6 Å². The number of rotatable bonds is 5. The summed E-state index contributed by atoms with van der Waals surface area (Å²) in [5, 5.41) is 17.1. The number of hydrogen-bond acceptors (Lipinski definition) is 6. The molecule has 2 rings (SSSR count). The molecule has 2 aromatic rings. The van der Waals surface area contributed by atoms with Gasteiger partial charge in [-0.25, -0.2) is 4.79 Å². The highest BCUT2D eigenvalue weighted by atomic mass is 19.3. The van der Waals surface area contributed by atoms with E-state index in [1.807, 2.05) is 0 Å². The van der Waals surface area contributed by atoms with Crippen LogP contribution >= 0.6 is 0 Å². The van der Waals surface area contributed by atoms with E-state index in [-0.39, 0.29) is 21.8 Å². The van der Waals surface area contributed by atoms with Gasteiger partial charge in [0.25, 0.3) is 5.69 Å². The highest BCUT2D eigenvalue weighted by Gasteiger charge is 2.19. The first-order chi connectivity index (χ1) is 10.9. The Kier molecular flexibility index (Phi) is 4.59. The number of nitrogens with zero attached hydrogens (tertiary/aromatic N) is 4. The third-order valence-corrected chi connectivity index (χ3v) is 2.67. The average Bonchev–Trinajstić information content (AvgIpc) is 3.02. The SMILES string of the molecule is N/C(=N\OC(=O)c1ccnn1C(F)F)c1ccc([N+](=O)[O-])cc1. The summed E-state index contributed by atoms with van der Waals surface area (Å²) in [6.07, 6.45) is 1.01. The molecule has 23 heavy (non-hydrogen) atoms. The fraction of sp³-hybridized carbons (Fsp3) is 0.0833. The average molecular weight is 325 g/mol. The number of amidine groups is 1. The van der Waals surface area contributed by atoms with E-state index in [9.17, 15) is 23.7 Å². The number of oxime groups is 1. The first-order valence-corrected chi connectivity index (χ1v) is 6.01. The minimum atomic E-state index is -3.01. The fourth-order valence-corrected chi connectivity index (χ4v) is 1.58. The van der Waals surface area contributed by atoms with Crippen LogP contribution < -0.4 is 5.73 Å². The molecule has 0 saturated carbocycles. The number of halogens is 2. The first kappa shape index (κ1) is 16.0. The molecule has 2 N–H and O–H groups in total. The van der Waals surface area contributed by atoms with Gasteiger partial charge in [0.2, 0.25) is 0 Å². The van der Waals surface area contributed by atoms with E-state index >= 15 is 0 Å². The van der Waals surface area contributed by atoms with Crippen molar-refractivity contribution in [3.63, 3.8) is 0 Å². The molecule has 120 valence electrons. The molecule has 0 atom stereocenters. The van der Waals surface area contributed by atoms with Crippen LogP contribution in [0.4, 0.5) is 14.5 Å². The number of nitro benzene ring substituents is 1. The number of benzene rings is 1. The van der Waals surface area contributed by atoms with Gasteiger partial charge in [-0.3, -0.25) is 10.1 Å². The van der Waals surface area contributed by atoms with Crippen molar-refractivity contribution in [3.8, 4) is 0 Å². The zero-order chi connectivity index (χ0) is 17.0. The second-order valence-electron chi connectivity index (χ2n) is 4.10. The Hall–Kier alpha value is -3.37. The largest absolute Gasteiger partial charge is 0.383 e. The van der Waals surface area contributed by atoms with Crippen LogP contribution in [0.25, 0.3) is 0 Å². The van der Waals surface area contributed by atoms with E-state index in [2.05, 4.69) is 15.1 Å². The number of aromatic nitrogens is 2. The molecule has 1 aromatic carbocycles. The number of carbonyl (C=O) groups is 1. The summed E-state index contributed by atoms with van der Waals surface area (Å²) in [5.41, 5.74) is 5.16. The van der Waals surface area contributed by atoms with Crippen molar-refractivity contribution in [1.29, 1.82) is 0 Å². The molecule has 0 spiro atoms. The number of carbonyl (C=O) groups excluding carboxylic acids is 1. The van der Waals surface area contributed by atoms with Gasteiger partial charge in [0.15, 0.2) is 11.5 Å². The van der Waals surface area contributed by atoms with Crippen LogP contribution in [0.2, 0.25) is 0 Å². The van der Waals surface area contributed by atoms with Crippen LogP contribution in [-0.2, 0) is 4.84 Å². The summed E-state index contributed by atoms with van der Waals surface area (Å²) in [6.45, 7) is -3.01. The highest BCUT2D eigenvalue weighted by molar-refractivity contribution is 5.98. The van der Waals surface area contributed by atoms with E-state index < -0.39 is 23.1 Å². The predicted octanol–water partition coefficient (Wildman–Crippen LogP) is 1.66. The third-order valence-electron chi connectivity index (χ3n) is 2.67. The first-order valence-electron chi connectivity index (χ1n) is 6.01. The Labute approximate surface area is 127 Å². The maximum atomic E-state index is 12.6. The lowest BCUT2D eigenvalue weighted by Crippen LogP contribution is -2.17. The molecule has 11 heteroatoms. The van der Waals surface area contributed by atoms with E-state index in [0.29, 0.717) is 0 Å². The van der Waals surface area contributed by atoms with Crippen LogP contribution in [-0.4, -0.2) is 26.5 Å². The number of nitro groups is 1. The number of alkyl halides is 2. The Bertz CT molecular complexity index is 757. The molecule has 0 saturated heterocycles. The molecule has 0 aliphatic heterocycles. The van der Waals surface area contributed by atoms with Crippen LogP contribution in [0.5, 0.6) is 0 Å². The predicted molar refractivity (Wildman–Crippen MR) is 72.7 cm³/mol. The standard InChI is InChI=1S/C12H9F2N5O4/c13-12(14)18-9(5-6-16-18)11(20)23-17-10(15)7-1-3-8(4-2-7)19(21)22/h1-6,12H,(H2,15,17). The monoisotopic (exact) mass is 325 g/mol. The topological polar surface area (TPSA) is 126 Å². The van der Waals surface area contributed by atoms with Gasteiger partial charge in [-0.15, -0.1) is 0 Å². The lowest BCUT2D eigenvalue weighted by atomic mass is 10.2. The molecular weight excluding hydrogens is 316 g/mol. The Morgan fingerprint density at radius 2 is 2.00 bits per heavy atom. The van der Waals surface area contributed by atoms with Crippen molar-refractivity contribution in [1.82, 2.24) is 9.78 Å². The van der Waals surface area contributed by atoms with E-state index in [4.69, 9.17) is 5.73 Å². The molecule has 0 amide bonds. The van der Waals surface area contributed by atoms with Gasteiger partial charge < -0.3 is 10.6 Å². The Morgan fingerprint density at radius 1 is 1.35 bits per heavy atom. The fourth-order valence-electron chi connectivity index (χ4n) is 1.58. The molecule has 0 aliphatic rings. The van der Waals surface area contributed by atoms with Crippen molar-refractivity contribution < 1.29 is 23.3 Å². The minimum Gasteiger partial charge on any atom is -0.380 e. The summed E-state index contributed by atoms with van der Waals surface area (Å²) in [7, 11) is 0. The van der Waals surface area contributed by atoms with Gasteiger partial charge in [0.05, 0.1) is 11.1 Å². The molecule has 0 bridgehead atoms. The maximum Gasteiger partial charge on any atom is 0.383 e. The Balaban J connectivity index is 2.11. The molecule has 0 fully saturated rings. The van der Waals surface area contributed by atoms with Crippen molar-refractivity contribution in [2.75, 3.05) is 0 Å². The molecule has 0 unspecified atom stereocenters. The Morgan fingerprint density at radius 3 is 2.57 bits per heavy atom. The normalized spacial score (nSPS) is 11.5. The van der Waals surface area contributed by atoms with Crippen molar-refractivity contribution in [2.24, 2.45) is 10.9 Å². The van der Waals surface area contributed by atoms with Gasteiger partial charge in [0, 0.05) is 17.7 Å². The summed E-state index contributed by atoms with van der Waals surface area (Å²) >= 11 is 0. The molecule has 9 nitrogen and oxygen atoms in total. The molecule has 0 radical (unpaired) electrons. The lowest BCUT2D eigenvalue weighted by Gasteiger charge is -2.04. The minimum absolute atomic E-state index is 0.153. The quantitative estimate of drug-likeness (QED) is 0.293. The number of nitrogens with two attached hydrogens (primary N) is 1. The zero-order valence-electron chi connectivity index (χ0n) is 11.3. The van der Waals surface area contributed by atoms with Gasteiger partial charge >= 0.3 is 12.5 Å². The number of non-ortho nitro benzene ring substituents is 1. The summed E-state index contributed by atoms with van der Waals surface area (Å²) in [4.78, 5) is 26.0. The molecule has 0 aliphatic carbocycles. The summed E-state index contributed by atoms with van der Waals surface area (Å²) in [5.74, 6) is -1.43. The summed E-state index contributed by atoms with van der Waals surface area (Å²) in [6, 6.07) is 6.01. The number of hydrogen-bond donors (Lipinski definition) is 1. The van der Waals surface area contributed by atoms with Gasteiger partial charge in [0.1, 0.15) is 0 Å². The second kappa shape index (κ2) is 6.60. The van der Waals surface area contributed by atoms with Crippen molar-refractivity contribution in [3.05, 3.63) is 57.9 Å². The van der Waals surface area contributed by atoms with Crippen molar-refractivity contribution in [2.45, 2.75) is 6.55 Å². The highest BCUT2D eigenvalue weighted by Crippen LogP contribution is 2.14. The van der Waals surface area contributed by atoms with Gasteiger partial charge in [-0.1, -0.05) is 5.16 Å². The lowest BCUT2D eigenvalue weighted by molar-refractivity contribution is -0.384. The van der Waals surface area contributed by atoms with Crippen LogP contribution in [0.15, 0.2) is 41.7 Å².